The van der Waals surface area contributed by atoms with Crippen LogP contribution in [-0.4, -0.2) is 29.6 Å². The number of nitrogens with zero attached hydrogens (tertiary/aromatic N) is 1. The molecule has 0 saturated carbocycles. The Morgan fingerprint density at radius 1 is 1.50 bits per heavy atom. The molecule has 6 nitrogen and oxygen atoms in total. The van der Waals surface area contributed by atoms with Crippen molar-refractivity contribution < 1.29 is 14.7 Å². The Hall–Kier alpha value is -2.03. The van der Waals surface area contributed by atoms with Crippen molar-refractivity contribution in [2.45, 2.75) is 39.2 Å². The van der Waals surface area contributed by atoms with Gasteiger partial charge in [-0.3, -0.25) is 9.59 Å². The van der Waals surface area contributed by atoms with Crippen molar-refractivity contribution in [2.24, 2.45) is 0 Å². The van der Waals surface area contributed by atoms with Crippen molar-refractivity contribution in [2.75, 3.05) is 6.54 Å². The molecule has 0 radical (unpaired) electrons. The number of hydrogen-bond acceptors (Lipinski definition) is 4. The van der Waals surface area contributed by atoms with Crippen LogP contribution in [0.15, 0.2) is 11.8 Å². The second-order valence-corrected chi connectivity index (χ2v) is 3.90. The highest BCUT2D eigenvalue weighted by atomic mass is 16.4. The Labute approximate surface area is 107 Å². The Kier molecular flexibility index (Phi) is 8.03. The summed E-state index contributed by atoms with van der Waals surface area (Å²) < 4.78 is 0. The van der Waals surface area contributed by atoms with Crippen LogP contribution in [0.3, 0.4) is 0 Å². The lowest BCUT2D eigenvalue weighted by Gasteiger charge is -2.09. The standard InChI is InChI=1S/C12H19N3O3/c1-3-9(2)15-8-10(7-13)12(18)14-6-4-5-11(16)17/h8-9,15H,3-6H2,1-2H3,(H,14,18)(H,16,17)/b10-8-. The van der Waals surface area contributed by atoms with Gasteiger partial charge in [0.1, 0.15) is 11.6 Å². The molecule has 0 spiro atoms. The van der Waals surface area contributed by atoms with Crippen molar-refractivity contribution in [1.29, 1.82) is 5.26 Å². The number of carbonyl (C=O) groups is 2. The minimum atomic E-state index is -0.904. The van der Waals surface area contributed by atoms with Crippen LogP contribution < -0.4 is 10.6 Å². The van der Waals surface area contributed by atoms with Gasteiger partial charge in [-0.15, -0.1) is 0 Å². The summed E-state index contributed by atoms with van der Waals surface area (Å²) in [5.74, 6) is -1.39. The van der Waals surface area contributed by atoms with E-state index in [0.717, 1.165) is 6.42 Å². The SMILES string of the molecule is CCC(C)N/C=C(/C#N)C(=O)NCCCC(=O)O. The lowest BCUT2D eigenvalue weighted by atomic mass is 10.2. The number of rotatable bonds is 8. The smallest absolute Gasteiger partial charge is 0.303 e. The van der Waals surface area contributed by atoms with E-state index in [0.29, 0.717) is 6.42 Å². The van der Waals surface area contributed by atoms with Gasteiger partial charge in [0.25, 0.3) is 5.91 Å². The molecule has 0 aromatic heterocycles. The van der Waals surface area contributed by atoms with Gasteiger partial charge in [-0.2, -0.15) is 5.26 Å². The minimum absolute atomic E-state index is 0.00298. The van der Waals surface area contributed by atoms with E-state index in [2.05, 4.69) is 10.6 Å². The third-order valence-corrected chi connectivity index (χ3v) is 2.34. The number of carboxylic acids is 1. The topological polar surface area (TPSA) is 102 Å². The van der Waals surface area contributed by atoms with Gasteiger partial charge in [0.15, 0.2) is 0 Å². The molecular weight excluding hydrogens is 234 g/mol. The van der Waals surface area contributed by atoms with Crippen molar-refractivity contribution in [1.82, 2.24) is 10.6 Å². The van der Waals surface area contributed by atoms with Gasteiger partial charge in [0.2, 0.25) is 0 Å². The summed E-state index contributed by atoms with van der Waals surface area (Å²) in [6, 6.07) is 1.99. The molecule has 0 aliphatic heterocycles. The molecule has 0 aromatic rings. The van der Waals surface area contributed by atoms with Gasteiger partial charge in [-0.05, 0) is 19.8 Å². The van der Waals surface area contributed by atoms with Gasteiger partial charge < -0.3 is 15.7 Å². The van der Waals surface area contributed by atoms with Crippen LogP contribution in [0.25, 0.3) is 0 Å². The second-order valence-electron chi connectivity index (χ2n) is 3.90. The fourth-order valence-electron chi connectivity index (χ4n) is 1.03. The summed E-state index contributed by atoms with van der Waals surface area (Å²) in [6.07, 6.45) is 2.62. The lowest BCUT2D eigenvalue weighted by molar-refractivity contribution is -0.137. The monoisotopic (exact) mass is 253 g/mol. The molecule has 0 saturated heterocycles. The van der Waals surface area contributed by atoms with Crippen LogP contribution in [0, 0.1) is 11.3 Å². The number of amides is 1. The summed E-state index contributed by atoms with van der Waals surface area (Å²) in [5.41, 5.74) is -0.00868. The second kappa shape index (κ2) is 9.05. The van der Waals surface area contributed by atoms with Crippen LogP contribution in [0.4, 0.5) is 0 Å². The Morgan fingerprint density at radius 2 is 2.17 bits per heavy atom. The fourth-order valence-corrected chi connectivity index (χ4v) is 1.03. The average Bonchev–Trinajstić information content (AvgIpc) is 2.34. The van der Waals surface area contributed by atoms with Crippen LogP contribution >= 0.6 is 0 Å². The maximum atomic E-state index is 11.5. The normalized spacial score (nSPS) is 12.4. The minimum Gasteiger partial charge on any atom is -0.481 e. The van der Waals surface area contributed by atoms with Crippen molar-refractivity contribution in [3.63, 3.8) is 0 Å². The lowest BCUT2D eigenvalue weighted by Crippen LogP contribution is -2.28. The van der Waals surface area contributed by atoms with Crippen molar-refractivity contribution in [3.8, 4) is 6.07 Å². The molecule has 0 bridgehead atoms. The summed E-state index contributed by atoms with van der Waals surface area (Å²) in [5, 5.41) is 22.7. The first-order chi connectivity index (χ1) is 8.51. The van der Waals surface area contributed by atoms with E-state index in [1.165, 1.54) is 6.20 Å². The predicted molar refractivity (Wildman–Crippen MR) is 66.5 cm³/mol. The van der Waals surface area contributed by atoms with E-state index in [4.69, 9.17) is 10.4 Å². The van der Waals surface area contributed by atoms with E-state index in [1.807, 2.05) is 13.8 Å². The van der Waals surface area contributed by atoms with E-state index >= 15 is 0 Å². The van der Waals surface area contributed by atoms with Crippen LogP contribution in [-0.2, 0) is 9.59 Å². The highest BCUT2D eigenvalue weighted by Gasteiger charge is 2.08. The number of carbonyl (C=O) groups excluding carboxylic acids is 1. The maximum Gasteiger partial charge on any atom is 0.303 e. The third kappa shape index (κ3) is 7.28. The molecule has 0 aliphatic carbocycles. The van der Waals surface area contributed by atoms with Gasteiger partial charge in [0.05, 0.1) is 0 Å². The van der Waals surface area contributed by atoms with Gasteiger partial charge in [-0.1, -0.05) is 6.92 Å². The molecule has 0 rings (SSSR count). The largest absolute Gasteiger partial charge is 0.481 e. The molecule has 0 aliphatic rings. The molecule has 0 heterocycles. The number of carboxylic acid groups (broad SMARTS) is 1. The molecule has 1 amide bonds. The molecule has 1 unspecified atom stereocenters. The van der Waals surface area contributed by atoms with Gasteiger partial charge >= 0.3 is 5.97 Å². The molecular formula is C12H19N3O3. The van der Waals surface area contributed by atoms with Crippen LogP contribution in [0.5, 0.6) is 0 Å². The first kappa shape index (κ1) is 16.0. The summed E-state index contributed by atoms with van der Waals surface area (Å²) in [6.45, 7) is 4.17. The molecule has 0 aromatic carbocycles. The first-order valence-corrected chi connectivity index (χ1v) is 5.87. The highest BCUT2D eigenvalue weighted by Crippen LogP contribution is 1.95. The van der Waals surface area contributed by atoms with Gasteiger partial charge in [-0.25, -0.2) is 0 Å². The molecule has 18 heavy (non-hydrogen) atoms. The van der Waals surface area contributed by atoms with Crippen LogP contribution in [0.2, 0.25) is 0 Å². The Balaban J connectivity index is 4.12. The van der Waals surface area contributed by atoms with E-state index in [9.17, 15) is 9.59 Å². The van der Waals surface area contributed by atoms with E-state index in [1.54, 1.807) is 6.07 Å². The Morgan fingerprint density at radius 3 is 2.67 bits per heavy atom. The summed E-state index contributed by atoms with van der Waals surface area (Å²) in [7, 11) is 0. The zero-order chi connectivity index (χ0) is 14.0. The molecule has 6 heteroatoms. The molecule has 0 fully saturated rings. The van der Waals surface area contributed by atoms with Crippen molar-refractivity contribution >= 4 is 11.9 Å². The molecule has 1 atom stereocenters. The third-order valence-electron chi connectivity index (χ3n) is 2.34. The molecule has 3 N–H and O–H groups in total. The number of hydrogen-bond donors (Lipinski definition) is 3. The highest BCUT2D eigenvalue weighted by molar-refractivity contribution is 5.97. The first-order valence-electron chi connectivity index (χ1n) is 5.87. The van der Waals surface area contributed by atoms with E-state index < -0.39 is 11.9 Å². The molecule has 100 valence electrons. The predicted octanol–water partition coefficient (Wildman–Crippen LogP) is 0.763. The van der Waals surface area contributed by atoms with E-state index in [-0.39, 0.29) is 24.6 Å². The maximum absolute atomic E-state index is 11.5. The zero-order valence-electron chi connectivity index (χ0n) is 10.7. The van der Waals surface area contributed by atoms with Crippen molar-refractivity contribution in [3.05, 3.63) is 11.8 Å². The summed E-state index contributed by atoms with van der Waals surface area (Å²) >= 11 is 0. The zero-order valence-corrected chi connectivity index (χ0v) is 10.7. The number of nitriles is 1. The quantitative estimate of drug-likeness (QED) is 0.337. The fraction of sp³-hybridized carbons (Fsp3) is 0.583. The number of aliphatic carboxylic acids is 1. The number of nitrogens with one attached hydrogen (secondary N) is 2. The Bertz CT molecular complexity index is 358. The average molecular weight is 253 g/mol. The van der Waals surface area contributed by atoms with Crippen LogP contribution in [0.1, 0.15) is 33.1 Å². The summed E-state index contributed by atoms with van der Waals surface area (Å²) in [4.78, 5) is 21.8. The van der Waals surface area contributed by atoms with Gasteiger partial charge in [0, 0.05) is 25.2 Å².